The Morgan fingerprint density at radius 2 is 2.04 bits per heavy atom. The Morgan fingerprint density at radius 1 is 1.12 bits per heavy atom. The lowest BCUT2D eigenvalue weighted by molar-refractivity contribution is 0.461. The molecular weight excluding hydrogens is 346 g/mol. The van der Waals surface area contributed by atoms with Crippen LogP contribution in [0.2, 0.25) is 0 Å². The number of rotatable bonds is 2. The Balaban J connectivity index is 1.76. The Labute approximate surface area is 152 Å². The van der Waals surface area contributed by atoms with Crippen LogP contribution in [0, 0.1) is 6.92 Å². The van der Waals surface area contributed by atoms with Gasteiger partial charge in [0, 0.05) is 23.3 Å². The van der Waals surface area contributed by atoms with Gasteiger partial charge in [-0.1, -0.05) is 6.07 Å². The SMILES string of the molecule is Cc1ccn2c(-c3nc(O)c4scc(-c5ccccn5)c4n3)ncc2c1. The molecule has 5 rings (SSSR count). The number of imidazole rings is 1. The molecular formula is C19H13N5OS. The van der Waals surface area contributed by atoms with Crippen molar-refractivity contribution in [3.05, 3.63) is 59.9 Å². The summed E-state index contributed by atoms with van der Waals surface area (Å²) in [5.41, 5.74) is 4.48. The molecule has 0 amide bonds. The zero-order chi connectivity index (χ0) is 17.7. The van der Waals surface area contributed by atoms with Gasteiger partial charge in [-0.3, -0.25) is 9.38 Å². The van der Waals surface area contributed by atoms with E-state index in [0.717, 1.165) is 22.3 Å². The van der Waals surface area contributed by atoms with Crippen LogP contribution >= 0.6 is 11.3 Å². The fourth-order valence-corrected chi connectivity index (χ4v) is 3.87. The topological polar surface area (TPSA) is 76.2 Å². The third kappa shape index (κ3) is 2.25. The van der Waals surface area contributed by atoms with Crippen molar-refractivity contribution < 1.29 is 5.11 Å². The molecule has 0 aliphatic heterocycles. The van der Waals surface area contributed by atoms with Crippen molar-refractivity contribution in [3.8, 4) is 28.8 Å². The molecule has 126 valence electrons. The number of hydrogen-bond acceptors (Lipinski definition) is 6. The summed E-state index contributed by atoms with van der Waals surface area (Å²) in [6.45, 7) is 2.03. The molecule has 0 saturated heterocycles. The first kappa shape index (κ1) is 15.0. The summed E-state index contributed by atoms with van der Waals surface area (Å²) < 4.78 is 2.56. The molecule has 0 aliphatic carbocycles. The predicted octanol–water partition coefficient (Wildman–Crippen LogP) is 4.08. The van der Waals surface area contributed by atoms with Crippen molar-refractivity contribution in [1.82, 2.24) is 24.3 Å². The number of thiophene rings is 1. The Hall–Kier alpha value is -3.32. The first-order chi connectivity index (χ1) is 12.7. The highest BCUT2D eigenvalue weighted by Crippen LogP contribution is 2.37. The van der Waals surface area contributed by atoms with Gasteiger partial charge in [-0.05, 0) is 36.8 Å². The molecule has 26 heavy (non-hydrogen) atoms. The second-order valence-corrected chi connectivity index (χ2v) is 6.87. The fraction of sp³-hybridized carbons (Fsp3) is 0.0526. The number of aryl methyl sites for hydroxylation is 1. The van der Waals surface area contributed by atoms with E-state index in [2.05, 4.69) is 15.0 Å². The lowest BCUT2D eigenvalue weighted by Crippen LogP contribution is -1.96. The summed E-state index contributed by atoms with van der Waals surface area (Å²) in [5, 5.41) is 12.4. The van der Waals surface area contributed by atoms with Crippen molar-refractivity contribution in [3.63, 3.8) is 0 Å². The van der Waals surface area contributed by atoms with Crippen molar-refractivity contribution in [2.24, 2.45) is 0 Å². The zero-order valence-electron chi connectivity index (χ0n) is 13.8. The van der Waals surface area contributed by atoms with E-state index in [1.54, 1.807) is 12.4 Å². The number of nitrogens with zero attached hydrogens (tertiary/aromatic N) is 5. The van der Waals surface area contributed by atoms with Crippen LogP contribution in [0.5, 0.6) is 5.88 Å². The number of pyridine rings is 2. The lowest BCUT2D eigenvalue weighted by atomic mass is 10.2. The molecule has 1 N–H and O–H groups in total. The molecule has 6 nitrogen and oxygen atoms in total. The number of fused-ring (bicyclic) bond motifs is 2. The van der Waals surface area contributed by atoms with Gasteiger partial charge >= 0.3 is 0 Å². The molecule has 0 spiro atoms. The van der Waals surface area contributed by atoms with E-state index in [-0.39, 0.29) is 5.88 Å². The number of hydrogen-bond donors (Lipinski definition) is 1. The van der Waals surface area contributed by atoms with E-state index in [9.17, 15) is 5.11 Å². The minimum Gasteiger partial charge on any atom is -0.492 e. The largest absolute Gasteiger partial charge is 0.492 e. The smallest absolute Gasteiger partial charge is 0.233 e. The minimum atomic E-state index is -0.0407. The summed E-state index contributed by atoms with van der Waals surface area (Å²) in [4.78, 5) is 17.8. The van der Waals surface area contributed by atoms with Crippen LogP contribution < -0.4 is 0 Å². The van der Waals surface area contributed by atoms with E-state index in [0.29, 0.717) is 21.9 Å². The highest BCUT2D eigenvalue weighted by atomic mass is 32.1. The van der Waals surface area contributed by atoms with Crippen LogP contribution in [-0.4, -0.2) is 29.4 Å². The number of aromatic nitrogens is 5. The maximum atomic E-state index is 10.4. The standard InChI is InChI=1S/C19H13N5OS/c1-11-5-7-24-12(8-11)9-21-18(24)17-22-15-13(14-4-2-3-6-20-14)10-26-16(15)19(25)23-17/h2-10H,1H3,(H,22,23,25). The highest BCUT2D eigenvalue weighted by Gasteiger charge is 2.18. The summed E-state index contributed by atoms with van der Waals surface area (Å²) in [6.07, 6.45) is 5.45. The van der Waals surface area contributed by atoms with Crippen molar-refractivity contribution in [1.29, 1.82) is 0 Å². The Morgan fingerprint density at radius 3 is 2.88 bits per heavy atom. The molecule has 0 fully saturated rings. The van der Waals surface area contributed by atoms with Gasteiger partial charge in [0.2, 0.25) is 5.88 Å². The monoisotopic (exact) mass is 359 g/mol. The highest BCUT2D eigenvalue weighted by molar-refractivity contribution is 7.18. The van der Waals surface area contributed by atoms with Gasteiger partial charge < -0.3 is 5.11 Å². The summed E-state index contributed by atoms with van der Waals surface area (Å²) in [5.74, 6) is 0.936. The van der Waals surface area contributed by atoms with Crippen LogP contribution in [0.3, 0.4) is 0 Å². The second kappa shape index (κ2) is 5.60. The van der Waals surface area contributed by atoms with Gasteiger partial charge in [0.25, 0.3) is 0 Å². The molecule has 0 aliphatic rings. The van der Waals surface area contributed by atoms with E-state index < -0.39 is 0 Å². The van der Waals surface area contributed by atoms with Gasteiger partial charge in [0.1, 0.15) is 4.70 Å². The van der Waals surface area contributed by atoms with E-state index >= 15 is 0 Å². The zero-order valence-corrected chi connectivity index (χ0v) is 14.6. The summed E-state index contributed by atoms with van der Waals surface area (Å²) >= 11 is 1.40. The van der Waals surface area contributed by atoms with Crippen molar-refractivity contribution in [2.45, 2.75) is 6.92 Å². The maximum absolute atomic E-state index is 10.4. The van der Waals surface area contributed by atoms with Gasteiger partial charge in [-0.2, -0.15) is 4.98 Å². The summed E-state index contributed by atoms with van der Waals surface area (Å²) in [7, 11) is 0. The van der Waals surface area contributed by atoms with Crippen LogP contribution in [0.1, 0.15) is 5.56 Å². The lowest BCUT2D eigenvalue weighted by Gasteiger charge is -2.04. The molecule has 5 aromatic rings. The van der Waals surface area contributed by atoms with E-state index in [4.69, 9.17) is 4.98 Å². The van der Waals surface area contributed by atoms with Gasteiger partial charge in [0.15, 0.2) is 11.6 Å². The molecule has 0 bridgehead atoms. The predicted molar refractivity (Wildman–Crippen MR) is 101 cm³/mol. The first-order valence-electron chi connectivity index (χ1n) is 8.04. The van der Waals surface area contributed by atoms with Gasteiger partial charge in [0.05, 0.1) is 22.9 Å². The average molecular weight is 359 g/mol. The van der Waals surface area contributed by atoms with Gasteiger partial charge in [-0.15, -0.1) is 11.3 Å². The van der Waals surface area contributed by atoms with E-state index in [1.807, 2.05) is 53.2 Å². The molecule has 0 aromatic carbocycles. The first-order valence-corrected chi connectivity index (χ1v) is 8.92. The molecule has 0 unspecified atom stereocenters. The Bertz CT molecular complexity index is 1260. The fourth-order valence-electron chi connectivity index (χ4n) is 2.98. The molecule has 7 heteroatoms. The molecule has 0 radical (unpaired) electrons. The Kier molecular flexibility index (Phi) is 3.23. The van der Waals surface area contributed by atoms with Crippen molar-refractivity contribution >= 4 is 27.1 Å². The van der Waals surface area contributed by atoms with E-state index in [1.165, 1.54) is 11.3 Å². The third-order valence-electron chi connectivity index (χ3n) is 4.23. The second-order valence-electron chi connectivity index (χ2n) is 5.99. The number of aromatic hydroxyl groups is 1. The van der Waals surface area contributed by atoms with Crippen LogP contribution in [0.25, 0.3) is 38.6 Å². The maximum Gasteiger partial charge on any atom is 0.233 e. The van der Waals surface area contributed by atoms with Crippen LogP contribution in [0.15, 0.2) is 54.3 Å². The van der Waals surface area contributed by atoms with Crippen LogP contribution in [0.4, 0.5) is 0 Å². The minimum absolute atomic E-state index is 0.0407. The normalized spacial score (nSPS) is 11.4. The quantitative estimate of drug-likeness (QED) is 0.514. The molecule has 0 saturated carbocycles. The summed E-state index contributed by atoms with van der Waals surface area (Å²) in [6, 6.07) is 9.76. The molecule has 0 atom stereocenters. The molecule has 5 heterocycles. The third-order valence-corrected chi connectivity index (χ3v) is 5.19. The average Bonchev–Trinajstić information content (AvgIpc) is 3.26. The van der Waals surface area contributed by atoms with Crippen molar-refractivity contribution in [2.75, 3.05) is 0 Å². The van der Waals surface area contributed by atoms with Crippen LogP contribution in [-0.2, 0) is 0 Å². The molecule has 5 aromatic heterocycles. The van der Waals surface area contributed by atoms with Gasteiger partial charge in [-0.25, -0.2) is 9.97 Å².